The van der Waals surface area contributed by atoms with Crippen LogP contribution in [-0.4, -0.2) is 15.5 Å². The number of nitrogens with one attached hydrogen (secondary N) is 1. The average Bonchev–Trinajstić information content (AvgIpc) is 2.36. The third-order valence-corrected chi connectivity index (χ3v) is 4.57. The van der Waals surface area contributed by atoms with Crippen molar-refractivity contribution in [3.63, 3.8) is 0 Å². The number of ketones is 1. The van der Waals surface area contributed by atoms with Crippen LogP contribution >= 0.6 is 24.0 Å². The Morgan fingerprint density at radius 1 is 1.61 bits per heavy atom. The minimum atomic E-state index is 0.180. The SMILES string of the molecule is [CH2]CCCC(CC1CCCCC1=O)C(=N)SC=S. The molecule has 2 atom stereocenters. The van der Waals surface area contributed by atoms with Crippen molar-refractivity contribution in [1.29, 1.82) is 5.41 Å². The molecule has 1 radical (unpaired) electrons. The van der Waals surface area contributed by atoms with Crippen molar-refractivity contribution in [2.45, 2.75) is 51.4 Å². The molecule has 0 spiro atoms. The van der Waals surface area contributed by atoms with E-state index >= 15 is 0 Å². The van der Waals surface area contributed by atoms with Crippen LogP contribution in [0.15, 0.2) is 0 Å². The van der Waals surface area contributed by atoms with Gasteiger partial charge in [0.05, 0.1) is 5.04 Å². The Balaban J connectivity index is 2.55. The summed E-state index contributed by atoms with van der Waals surface area (Å²) in [6.07, 6.45) is 7.67. The molecule has 0 aromatic rings. The second kappa shape index (κ2) is 8.81. The molecule has 2 nitrogen and oxygen atoms in total. The number of hydrogen-bond acceptors (Lipinski definition) is 4. The van der Waals surface area contributed by atoms with Gasteiger partial charge in [-0.1, -0.05) is 50.2 Å². The maximum absolute atomic E-state index is 11.9. The number of rotatable bonds is 7. The number of unbranched alkanes of at least 4 members (excludes halogenated alkanes) is 1. The van der Waals surface area contributed by atoms with Crippen molar-refractivity contribution in [1.82, 2.24) is 0 Å². The molecular weight excluding hydrogens is 262 g/mol. The van der Waals surface area contributed by atoms with Gasteiger partial charge >= 0.3 is 0 Å². The molecule has 1 N–H and O–H groups in total. The van der Waals surface area contributed by atoms with Gasteiger partial charge in [-0.05, 0) is 25.7 Å². The normalized spacial score (nSPS) is 21.6. The van der Waals surface area contributed by atoms with Crippen molar-refractivity contribution in [3.8, 4) is 0 Å². The molecule has 1 aliphatic carbocycles. The van der Waals surface area contributed by atoms with Crippen molar-refractivity contribution in [2.75, 3.05) is 0 Å². The topological polar surface area (TPSA) is 40.9 Å². The minimum absolute atomic E-state index is 0.180. The Hall–Kier alpha value is -0.220. The smallest absolute Gasteiger partial charge is 0.135 e. The standard InChI is InChI=1S/C14H22NOS2/c1-2-3-6-12(14(15)18-10-17)9-11-7-4-5-8-13(11)16/h10-12,15H,1-9H2. The summed E-state index contributed by atoms with van der Waals surface area (Å²) in [5.74, 6) is 0.781. The molecule has 0 bridgehead atoms. The molecule has 18 heavy (non-hydrogen) atoms. The lowest BCUT2D eigenvalue weighted by atomic mass is 9.81. The summed E-state index contributed by atoms with van der Waals surface area (Å²) < 4.78 is 1.54. The van der Waals surface area contributed by atoms with Gasteiger partial charge < -0.3 is 0 Å². The number of carbonyl (C=O) groups is 1. The van der Waals surface area contributed by atoms with Crippen molar-refractivity contribution in [3.05, 3.63) is 6.92 Å². The summed E-state index contributed by atoms with van der Waals surface area (Å²) in [7, 11) is 0. The molecule has 1 saturated carbocycles. The summed E-state index contributed by atoms with van der Waals surface area (Å²) in [6, 6.07) is 0. The van der Waals surface area contributed by atoms with Gasteiger partial charge in [-0.15, -0.1) is 0 Å². The molecule has 1 rings (SSSR count). The third-order valence-electron chi connectivity index (χ3n) is 3.60. The minimum Gasteiger partial charge on any atom is -0.299 e. The largest absolute Gasteiger partial charge is 0.299 e. The van der Waals surface area contributed by atoms with Crippen molar-refractivity contribution >= 4 is 39.5 Å². The average molecular weight is 284 g/mol. The van der Waals surface area contributed by atoms with E-state index in [0.717, 1.165) is 51.4 Å². The highest BCUT2D eigenvalue weighted by molar-refractivity contribution is 8.31. The number of carbonyl (C=O) groups excluding carboxylic acids is 1. The fraction of sp³-hybridized carbons (Fsp3) is 0.714. The van der Waals surface area contributed by atoms with E-state index in [4.69, 9.17) is 17.6 Å². The van der Waals surface area contributed by atoms with Gasteiger partial charge in [0.25, 0.3) is 0 Å². The molecule has 0 aliphatic heterocycles. The van der Waals surface area contributed by atoms with E-state index < -0.39 is 0 Å². The molecular formula is C14H22NOS2. The Morgan fingerprint density at radius 2 is 2.39 bits per heavy atom. The summed E-state index contributed by atoms with van der Waals surface area (Å²) >= 11 is 6.13. The lowest BCUT2D eigenvalue weighted by molar-refractivity contribution is -0.124. The molecule has 0 aromatic carbocycles. The quantitative estimate of drug-likeness (QED) is 0.427. The summed E-state index contributed by atoms with van der Waals surface area (Å²) in [4.78, 5) is 11.9. The van der Waals surface area contributed by atoms with Crippen molar-refractivity contribution < 1.29 is 4.79 Å². The number of thiocarbonyl (C=S) groups is 1. The zero-order valence-electron chi connectivity index (χ0n) is 10.8. The molecule has 101 valence electrons. The van der Waals surface area contributed by atoms with Gasteiger partial charge in [-0.25, -0.2) is 0 Å². The van der Waals surface area contributed by atoms with Crippen molar-refractivity contribution in [2.24, 2.45) is 11.8 Å². The predicted molar refractivity (Wildman–Crippen MR) is 83.3 cm³/mol. The lowest BCUT2D eigenvalue weighted by Crippen LogP contribution is -2.24. The van der Waals surface area contributed by atoms with Crippen LogP contribution in [0.4, 0.5) is 0 Å². The molecule has 1 fully saturated rings. The Labute approximate surface area is 120 Å². The van der Waals surface area contributed by atoms with Crippen LogP contribution in [-0.2, 0) is 4.79 Å². The highest BCUT2D eigenvalue weighted by Crippen LogP contribution is 2.30. The molecule has 0 heterocycles. The van der Waals surface area contributed by atoms with Crippen LogP contribution in [0, 0.1) is 24.2 Å². The molecule has 0 aromatic heterocycles. The first-order valence-electron chi connectivity index (χ1n) is 6.69. The van der Waals surface area contributed by atoms with E-state index in [-0.39, 0.29) is 11.8 Å². The summed E-state index contributed by atoms with van der Waals surface area (Å²) in [6.45, 7) is 3.85. The first-order valence-corrected chi connectivity index (χ1v) is 8.04. The lowest BCUT2D eigenvalue weighted by Gasteiger charge is -2.25. The Bertz CT molecular complexity index is 304. The number of hydrogen-bond donors (Lipinski definition) is 1. The highest BCUT2D eigenvalue weighted by Gasteiger charge is 2.27. The van der Waals surface area contributed by atoms with Gasteiger partial charge in [-0.3, -0.25) is 10.2 Å². The van der Waals surface area contributed by atoms with Gasteiger partial charge in [0.15, 0.2) is 0 Å². The van der Waals surface area contributed by atoms with E-state index in [9.17, 15) is 4.79 Å². The van der Waals surface area contributed by atoms with Gasteiger partial charge in [0.2, 0.25) is 0 Å². The number of Topliss-reactive ketones (excluding diaryl/α,β-unsaturated/α-hetero) is 1. The first kappa shape index (κ1) is 15.8. The second-order valence-corrected chi connectivity index (χ2v) is 6.36. The van der Waals surface area contributed by atoms with E-state index in [1.165, 1.54) is 11.8 Å². The zero-order valence-corrected chi connectivity index (χ0v) is 12.5. The maximum Gasteiger partial charge on any atom is 0.135 e. The third kappa shape index (κ3) is 5.19. The van der Waals surface area contributed by atoms with Crippen LogP contribution in [0.3, 0.4) is 0 Å². The second-order valence-electron chi connectivity index (χ2n) is 4.92. The van der Waals surface area contributed by atoms with Crippen LogP contribution < -0.4 is 0 Å². The van der Waals surface area contributed by atoms with Crippen LogP contribution in [0.5, 0.6) is 0 Å². The zero-order chi connectivity index (χ0) is 13.4. The van der Waals surface area contributed by atoms with Gasteiger partial charge in [-0.2, -0.15) is 0 Å². The van der Waals surface area contributed by atoms with E-state index in [2.05, 4.69) is 6.92 Å². The van der Waals surface area contributed by atoms with E-state index in [1.807, 2.05) is 0 Å². The molecule has 2 unspecified atom stereocenters. The van der Waals surface area contributed by atoms with Crippen LogP contribution in [0.25, 0.3) is 0 Å². The monoisotopic (exact) mass is 284 g/mol. The first-order chi connectivity index (χ1) is 8.69. The van der Waals surface area contributed by atoms with Gasteiger partial charge in [0, 0.05) is 23.0 Å². The predicted octanol–water partition coefficient (Wildman–Crippen LogP) is 4.42. The van der Waals surface area contributed by atoms with E-state index in [1.54, 1.807) is 4.70 Å². The van der Waals surface area contributed by atoms with E-state index in [0.29, 0.717) is 10.8 Å². The fourth-order valence-electron chi connectivity index (χ4n) is 2.54. The maximum atomic E-state index is 11.9. The summed E-state index contributed by atoms with van der Waals surface area (Å²) in [5, 5.41) is 8.66. The molecule has 0 saturated heterocycles. The summed E-state index contributed by atoms with van der Waals surface area (Å²) in [5.41, 5.74) is 0. The number of thioether (sulfide) groups is 1. The molecule has 1 aliphatic rings. The molecule has 0 amide bonds. The van der Waals surface area contributed by atoms with Crippen LogP contribution in [0.1, 0.15) is 51.4 Å². The Kier molecular flexibility index (Phi) is 7.75. The highest BCUT2D eigenvalue weighted by atomic mass is 32.2. The molecule has 4 heteroatoms. The Morgan fingerprint density at radius 3 is 3.00 bits per heavy atom. The fourth-order valence-corrected chi connectivity index (χ4v) is 3.36. The van der Waals surface area contributed by atoms with Gasteiger partial charge in [0.1, 0.15) is 5.78 Å². The van der Waals surface area contributed by atoms with Crippen LogP contribution in [0.2, 0.25) is 0 Å².